The van der Waals surface area contributed by atoms with Crippen molar-refractivity contribution in [3.8, 4) is 0 Å². The van der Waals surface area contributed by atoms with E-state index in [1.807, 2.05) is 0 Å². The lowest BCUT2D eigenvalue weighted by Crippen LogP contribution is -2.20. The Morgan fingerprint density at radius 3 is 2.47 bits per heavy atom. The number of hydrogen-bond donors (Lipinski definition) is 0. The minimum Gasteiger partial charge on any atom is -0.311 e. The molecule has 6 heteroatoms. The number of aromatic nitrogens is 1. The maximum absolute atomic E-state index is 12.8. The van der Waals surface area contributed by atoms with Crippen molar-refractivity contribution in [1.29, 1.82) is 0 Å². The van der Waals surface area contributed by atoms with Crippen LogP contribution in [0.2, 0.25) is 0 Å². The van der Waals surface area contributed by atoms with E-state index in [1.54, 1.807) is 0 Å². The molecule has 0 amide bonds. The molecular weight excluding hydrogens is 299 g/mol. The highest BCUT2D eigenvalue weighted by molar-refractivity contribution is 9.10. The Bertz CT molecular complexity index is 645. The summed E-state index contributed by atoms with van der Waals surface area (Å²) in [6, 6.07) is 4.98. The van der Waals surface area contributed by atoms with Crippen LogP contribution in [0.15, 0.2) is 33.5 Å². The van der Waals surface area contributed by atoms with E-state index in [9.17, 15) is 18.0 Å². The molecule has 0 N–H and O–H groups in total. The number of pyridine rings is 1. The molecule has 0 spiro atoms. The molecule has 0 saturated heterocycles. The number of fused-ring (bicyclic) bond motifs is 1. The highest BCUT2D eigenvalue weighted by Gasteiger charge is 2.33. The molecule has 0 unspecified atom stereocenters. The van der Waals surface area contributed by atoms with Crippen LogP contribution in [0.25, 0.3) is 10.9 Å². The predicted octanol–water partition coefficient (Wildman–Crippen LogP) is 3.32. The lowest BCUT2D eigenvalue weighted by molar-refractivity contribution is -0.136. The van der Waals surface area contributed by atoms with Gasteiger partial charge in [-0.3, -0.25) is 4.79 Å². The zero-order valence-corrected chi connectivity index (χ0v) is 10.3. The molecule has 0 aliphatic carbocycles. The van der Waals surface area contributed by atoms with Gasteiger partial charge in [-0.1, -0.05) is 22.0 Å². The fraction of sp³-hybridized carbons (Fsp3) is 0.182. The van der Waals surface area contributed by atoms with Gasteiger partial charge in [0.15, 0.2) is 0 Å². The average molecular weight is 306 g/mol. The van der Waals surface area contributed by atoms with Crippen molar-refractivity contribution in [2.75, 3.05) is 0 Å². The van der Waals surface area contributed by atoms with Crippen molar-refractivity contribution in [2.24, 2.45) is 7.05 Å². The number of hydrogen-bond acceptors (Lipinski definition) is 1. The molecule has 90 valence electrons. The van der Waals surface area contributed by atoms with Gasteiger partial charge in [-0.25, -0.2) is 0 Å². The quantitative estimate of drug-likeness (QED) is 0.732. The third kappa shape index (κ3) is 2.09. The number of rotatable bonds is 0. The van der Waals surface area contributed by atoms with Gasteiger partial charge in [-0.2, -0.15) is 13.2 Å². The monoisotopic (exact) mass is 305 g/mol. The van der Waals surface area contributed by atoms with Gasteiger partial charge >= 0.3 is 6.18 Å². The smallest absolute Gasteiger partial charge is 0.311 e. The second-order valence-electron chi connectivity index (χ2n) is 3.61. The van der Waals surface area contributed by atoms with E-state index in [2.05, 4.69) is 15.9 Å². The SMILES string of the molecule is Cn1c(=O)cc(C(F)(F)F)c2ccc(Br)cc21. The summed E-state index contributed by atoms with van der Waals surface area (Å²) in [4.78, 5) is 11.5. The van der Waals surface area contributed by atoms with Crippen molar-refractivity contribution < 1.29 is 13.2 Å². The van der Waals surface area contributed by atoms with E-state index in [-0.39, 0.29) is 10.9 Å². The highest BCUT2D eigenvalue weighted by Crippen LogP contribution is 2.34. The van der Waals surface area contributed by atoms with Crippen LogP contribution in [0.5, 0.6) is 0 Å². The largest absolute Gasteiger partial charge is 0.417 e. The van der Waals surface area contributed by atoms with Crippen molar-refractivity contribution in [1.82, 2.24) is 4.57 Å². The Balaban J connectivity index is 2.97. The molecule has 1 aromatic carbocycles. The molecule has 2 nitrogen and oxygen atoms in total. The lowest BCUT2D eigenvalue weighted by Gasteiger charge is -2.12. The van der Waals surface area contributed by atoms with Crippen LogP contribution >= 0.6 is 15.9 Å². The second-order valence-corrected chi connectivity index (χ2v) is 4.53. The third-order valence-electron chi connectivity index (χ3n) is 2.52. The normalized spacial score (nSPS) is 12.1. The first-order chi connectivity index (χ1) is 7.80. The van der Waals surface area contributed by atoms with Crippen LogP contribution in [0.3, 0.4) is 0 Å². The number of alkyl halides is 3. The molecule has 0 atom stereocenters. The van der Waals surface area contributed by atoms with Gasteiger partial charge < -0.3 is 4.57 Å². The summed E-state index contributed by atoms with van der Waals surface area (Å²) < 4.78 is 40.1. The summed E-state index contributed by atoms with van der Waals surface area (Å²) in [5.41, 5.74) is -1.33. The molecule has 0 aliphatic rings. The summed E-state index contributed by atoms with van der Waals surface area (Å²) in [6.07, 6.45) is -4.53. The number of aryl methyl sites for hydroxylation is 1. The summed E-state index contributed by atoms with van der Waals surface area (Å²) >= 11 is 3.17. The van der Waals surface area contributed by atoms with E-state index in [1.165, 1.54) is 29.8 Å². The summed E-state index contributed by atoms with van der Waals surface area (Å²) in [7, 11) is 1.44. The predicted molar refractivity (Wildman–Crippen MR) is 61.9 cm³/mol. The average Bonchev–Trinajstić information content (AvgIpc) is 2.22. The van der Waals surface area contributed by atoms with Gasteiger partial charge in [0, 0.05) is 23.0 Å². The molecular formula is C11H7BrF3NO. The summed E-state index contributed by atoms with van der Waals surface area (Å²) in [6.45, 7) is 0. The molecule has 0 radical (unpaired) electrons. The Labute approximate surface area is 103 Å². The Morgan fingerprint density at radius 1 is 1.24 bits per heavy atom. The van der Waals surface area contributed by atoms with Crippen LogP contribution in [-0.2, 0) is 13.2 Å². The van der Waals surface area contributed by atoms with Gasteiger partial charge in [0.2, 0.25) is 0 Å². The molecule has 0 aliphatic heterocycles. The van der Waals surface area contributed by atoms with Gasteiger partial charge in [0.1, 0.15) is 0 Å². The standard InChI is InChI=1S/C11H7BrF3NO/c1-16-9-4-6(12)2-3-7(9)8(5-10(16)17)11(13,14)15/h2-5H,1H3. The van der Waals surface area contributed by atoms with E-state index in [0.717, 1.165) is 0 Å². The first-order valence-corrected chi connectivity index (χ1v) is 5.46. The van der Waals surface area contributed by atoms with Gasteiger partial charge in [0.25, 0.3) is 5.56 Å². The topological polar surface area (TPSA) is 22.0 Å². The molecule has 1 heterocycles. The van der Waals surface area contributed by atoms with E-state index >= 15 is 0 Å². The number of benzene rings is 1. The minimum atomic E-state index is -4.53. The first-order valence-electron chi connectivity index (χ1n) is 4.67. The lowest BCUT2D eigenvalue weighted by atomic mass is 10.1. The number of nitrogens with zero attached hydrogens (tertiary/aromatic N) is 1. The maximum Gasteiger partial charge on any atom is 0.417 e. The van der Waals surface area contributed by atoms with Crippen LogP contribution in [-0.4, -0.2) is 4.57 Å². The maximum atomic E-state index is 12.8. The second kappa shape index (κ2) is 3.87. The van der Waals surface area contributed by atoms with Crippen molar-refractivity contribution >= 4 is 26.8 Å². The fourth-order valence-corrected chi connectivity index (χ4v) is 2.01. The fourth-order valence-electron chi connectivity index (χ4n) is 1.66. The molecule has 0 bridgehead atoms. The van der Waals surface area contributed by atoms with Crippen molar-refractivity contribution in [3.63, 3.8) is 0 Å². The molecule has 0 saturated carbocycles. The third-order valence-corrected chi connectivity index (χ3v) is 3.01. The van der Waals surface area contributed by atoms with Crippen LogP contribution in [0, 0.1) is 0 Å². The zero-order valence-electron chi connectivity index (χ0n) is 8.68. The van der Waals surface area contributed by atoms with Gasteiger partial charge in [-0.15, -0.1) is 0 Å². The molecule has 1 aromatic heterocycles. The molecule has 17 heavy (non-hydrogen) atoms. The summed E-state index contributed by atoms with van der Waals surface area (Å²) in [5, 5.41) is 0.0165. The summed E-state index contributed by atoms with van der Waals surface area (Å²) in [5.74, 6) is 0. The Kier molecular flexibility index (Phi) is 2.77. The van der Waals surface area contributed by atoms with Crippen molar-refractivity contribution in [3.05, 3.63) is 44.7 Å². The molecule has 2 rings (SSSR count). The van der Waals surface area contributed by atoms with Crippen LogP contribution < -0.4 is 5.56 Å². The minimum absolute atomic E-state index is 0.0165. The Morgan fingerprint density at radius 2 is 1.88 bits per heavy atom. The van der Waals surface area contributed by atoms with Gasteiger partial charge in [0.05, 0.1) is 11.1 Å². The first kappa shape index (κ1) is 12.2. The Hall–Kier alpha value is -1.30. The van der Waals surface area contributed by atoms with Gasteiger partial charge in [-0.05, 0) is 12.1 Å². The molecule has 0 fully saturated rings. The highest BCUT2D eigenvalue weighted by atomic mass is 79.9. The van der Waals surface area contributed by atoms with E-state index < -0.39 is 17.3 Å². The van der Waals surface area contributed by atoms with Crippen LogP contribution in [0.4, 0.5) is 13.2 Å². The zero-order chi connectivity index (χ0) is 12.8. The van der Waals surface area contributed by atoms with E-state index in [4.69, 9.17) is 0 Å². The number of halogens is 4. The van der Waals surface area contributed by atoms with E-state index in [0.29, 0.717) is 10.5 Å². The molecule has 2 aromatic rings. The van der Waals surface area contributed by atoms with Crippen LogP contribution in [0.1, 0.15) is 5.56 Å². The van der Waals surface area contributed by atoms with Crippen molar-refractivity contribution in [2.45, 2.75) is 6.18 Å².